The molecule has 0 aromatic heterocycles. The lowest BCUT2D eigenvalue weighted by atomic mass is 10.1. The third-order valence-corrected chi connectivity index (χ3v) is 3.85. The van der Waals surface area contributed by atoms with E-state index in [2.05, 4.69) is 58.1 Å². The highest BCUT2D eigenvalue weighted by Crippen LogP contribution is 2.28. The van der Waals surface area contributed by atoms with Crippen molar-refractivity contribution in [3.8, 4) is 6.07 Å². The molecular weight excluding hydrogens is 300 g/mol. The van der Waals surface area contributed by atoms with Gasteiger partial charge in [0.05, 0.1) is 5.56 Å². The van der Waals surface area contributed by atoms with Crippen molar-refractivity contribution in [3.05, 3.63) is 58.1 Å². The molecule has 96 valence electrons. The maximum Gasteiger partial charge on any atom is 0.100 e. The molecule has 0 bridgehead atoms. The number of rotatable bonds is 3. The number of hydrogen-bond acceptors (Lipinski definition) is 2. The highest BCUT2D eigenvalue weighted by Gasteiger charge is 2.06. The second kappa shape index (κ2) is 5.90. The number of anilines is 2. The topological polar surface area (TPSA) is 27.0 Å². The second-order valence-corrected chi connectivity index (χ2v) is 5.21. The molecule has 0 aliphatic carbocycles. The van der Waals surface area contributed by atoms with Gasteiger partial charge >= 0.3 is 0 Å². The Morgan fingerprint density at radius 2 is 1.74 bits per heavy atom. The van der Waals surface area contributed by atoms with Gasteiger partial charge in [0, 0.05) is 22.9 Å². The molecular formula is C16H15BrN2. The number of benzene rings is 2. The van der Waals surface area contributed by atoms with Crippen LogP contribution in [0.5, 0.6) is 0 Å². The van der Waals surface area contributed by atoms with Crippen LogP contribution in [-0.4, -0.2) is 7.05 Å². The van der Waals surface area contributed by atoms with Gasteiger partial charge in [0.15, 0.2) is 0 Å². The van der Waals surface area contributed by atoms with Crippen molar-refractivity contribution in [2.24, 2.45) is 0 Å². The average molecular weight is 315 g/mol. The van der Waals surface area contributed by atoms with E-state index in [-0.39, 0.29) is 0 Å². The third kappa shape index (κ3) is 2.97. The Labute approximate surface area is 122 Å². The van der Waals surface area contributed by atoms with Crippen molar-refractivity contribution < 1.29 is 0 Å². The maximum atomic E-state index is 8.93. The van der Waals surface area contributed by atoms with Crippen molar-refractivity contribution >= 4 is 27.3 Å². The molecule has 3 heteroatoms. The Morgan fingerprint density at radius 3 is 2.26 bits per heavy atom. The van der Waals surface area contributed by atoms with E-state index in [4.69, 9.17) is 5.26 Å². The Bertz CT molecular complexity index is 612. The first-order valence-corrected chi connectivity index (χ1v) is 6.97. The summed E-state index contributed by atoms with van der Waals surface area (Å²) in [6.45, 7) is 2.15. The molecule has 0 atom stereocenters. The fourth-order valence-corrected chi connectivity index (χ4v) is 2.36. The summed E-state index contributed by atoms with van der Waals surface area (Å²) in [5.41, 5.74) is 4.17. The third-order valence-electron chi connectivity index (χ3n) is 3.19. The van der Waals surface area contributed by atoms with Crippen LogP contribution < -0.4 is 4.90 Å². The molecule has 0 heterocycles. The van der Waals surface area contributed by atoms with Crippen LogP contribution in [0.1, 0.15) is 18.1 Å². The minimum atomic E-state index is 0.651. The van der Waals surface area contributed by atoms with E-state index in [1.54, 1.807) is 0 Å². The quantitative estimate of drug-likeness (QED) is 0.824. The monoisotopic (exact) mass is 314 g/mol. The molecule has 0 N–H and O–H groups in total. The van der Waals surface area contributed by atoms with Crippen molar-refractivity contribution in [2.45, 2.75) is 13.3 Å². The first-order valence-electron chi connectivity index (χ1n) is 6.18. The second-order valence-electron chi connectivity index (χ2n) is 4.35. The van der Waals surface area contributed by atoms with Crippen LogP contribution in [0, 0.1) is 11.3 Å². The van der Waals surface area contributed by atoms with Crippen LogP contribution in [0.4, 0.5) is 11.4 Å². The predicted molar refractivity (Wildman–Crippen MR) is 82.7 cm³/mol. The summed E-state index contributed by atoms with van der Waals surface area (Å²) in [5.74, 6) is 0. The van der Waals surface area contributed by atoms with Gasteiger partial charge in [0.1, 0.15) is 6.07 Å². The van der Waals surface area contributed by atoms with Crippen LogP contribution >= 0.6 is 15.9 Å². The molecule has 2 nitrogen and oxygen atoms in total. The summed E-state index contributed by atoms with van der Waals surface area (Å²) in [4.78, 5) is 2.10. The SMILES string of the molecule is CCc1ccc(N(C)c2ccc(C#N)c(Br)c2)cc1. The van der Waals surface area contributed by atoms with E-state index in [0.717, 1.165) is 22.3 Å². The fraction of sp³-hybridized carbons (Fsp3) is 0.188. The normalized spacial score (nSPS) is 10.0. The number of nitriles is 1. The van der Waals surface area contributed by atoms with Crippen LogP contribution in [0.2, 0.25) is 0 Å². The van der Waals surface area contributed by atoms with E-state index >= 15 is 0 Å². The highest BCUT2D eigenvalue weighted by atomic mass is 79.9. The molecule has 0 unspecified atom stereocenters. The molecule has 19 heavy (non-hydrogen) atoms. The number of nitrogens with zero attached hydrogens (tertiary/aromatic N) is 2. The summed E-state index contributed by atoms with van der Waals surface area (Å²) in [6, 6.07) is 16.4. The molecule has 0 amide bonds. The Hall–Kier alpha value is -1.79. The molecule has 2 aromatic rings. The predicted octanol–water partition coefficient (Wildman–Crippen LogP) is 4.65. The minimum absolute atomic E-state index is 0.651. The zero-order valence-corrected chi connectivity index (χ0v) is 12.6. The molecule has 0 fully saturated rings. The first kappa shape index (κ1) is 13.6. The summed E-state index contributed by atoms with van der Waals surface area (Å²) < 4.78 is 0.824. The van der Waals surface area contributed by atoms with Crippen molar-refractivity contribution in [1.29, 1.82) is 5.26 Å². The highest BCUT2D eigenvalue weighted by molar-refractivity contribution is 9.10. The van der Waals surface area contributed by atoms with Gasteiger partial charge in [-0.1, -0.05) is 19.1 Å². The van der Waals surface area contributed by atoms with E-state index in [1.807, 2.05) is 25.2 Å². The zero-order valence-electron chi connectivity index (χ0n) is 11.0. The van der Waals surface area contributed by atoms with Crippen molar-refractivity contribution in [2.75, 3.05) is 11.9 Å². The van der Waals surface area contributed by atoms with Crippen LogP contribution in [0.3, 0.4) is 0 Å². The van der Waals surface area contributed by atoms with Gasteiger partial charge in [-0.2, -0.15) is 5.26 Å². The van der Waals surface area contributed by atoms with E-state index in [1.165, 1.54) is 5.56 Å². The van der Waals surface area contributed by atoms with Gasteiger partial charge in [-0.3, -0.25) is 0 Å². The van der Waals surface area contributed by atoms with Crippen LogP contribution in [-0.2, 0) is 6.42 Å². The van der Waals surface area contributed by atoms with Gasteiger partial charge in [-0.25, -0.2) is 0 Å². The summed E-state index contributed by atoms with van der Waals surface area (Å²) in [6.07, 6.45) is 1.05. The van der Waals surface area contributed by atoms with Crippen LogP contribution in [0.15, 0.2) is 46.9 Å². The molecule has 0 saturated carbocycles. The van der Waals surface area contributed by atoms with E-state index < -0.39 is 0 Å². The zero-order chi connectivity index (χ0) is 13.8. The number of aryl methyl sites for hydroxylation is 1. The average Bonchev–Trinajstić information content (AvgIpc) is 2.46. The molecule has 2 aromatic carbocycles. The summed E-state index contributed by atoms with van der Waals surface area (Å²) >= 11 is 3.42. The Kier molecular flexibility index (Phi) is 4.24. The summed E-state index contributed by atoms with van der Waals surface area (Å²) in [7, 11) is 2.02. The standard InChI is InChI=1S/C16H15BrN2/c1-3-12-4-7-14(8-5-12)19(2)15-9-6-13(11-18)16(17)10-15/h4-10H,3H2,1-2H3. The largest absolute Gasteiger partial charge is 0.345 e. The van der Waals surface area contributed by atoms with Gasteiger partial charge in [0.25, 0.3) is 0 Å². The molecule has 0 aliphatic rings. The lowest BCUT2D eigenvalue weighted by Crippen LogP contribution is -2.09. The van der Waals surface area contributed by atoms with Gasteiger partial charge in [0.2, 0.25) is 0 Å². The molecule has 0 saturated heterocycles. The van der Waals surface area contributed by atoms with Gasteiger partial charge in [-0.15, -0.1) is 0 Å². The minimum Gasteiger partial charge on any atom is -0.345 e. The lowest BCUT2D eigenvalue weighted by molar-refractivity contribution is 1.13. The van der Waals surface area contributed by atoms with Crippen molar-refractivity contribution in [1.82, 2.24) is 0 Å². The van der Waals surface area contributed by atoms with Gasteiger partial charge < -0.3 is 4.90 Å². The molecule has 0 spiro atoms. The van der Waals surface area contributed by atoms with Crippen LogP contribution in [0.25, 0.3) is 0 Å². The Balaban J connectivity index is 2.30. The Morgan fingerprint density at radius 1 is 1.11 bits per heavy atom. The lowest BCUT2D eigenvalue weighted by Gasteiger charge is -2.20. The number of halogens is 1. The smallest absolute Gasteiger partial charge is 0.100 e. The maximum absolute atomic E-state index is 8.93. The molecule has 0 aliphatic heterocycles. The first-order chi connectivity index (χ1) is 9.15. The number of hydrogen-bond donors (Lipinski definition) is 0. The van der Waals surface area contributed by atoms with E-state index in [0.29, 0.717) is 5.56 Å². The van der Waals surface area contributed by atoms with Crippen molar-refractivity contribution in [3.63, 3.8) is 0 Å². The molecule has 0 radical (unpaired) electrons. The van der Waals surface area contributed by atoms with E-state index in [9.17, 15) is 0 Å². The summed E-state index contributed by atoms with van der Waals surface area (Å²) in [5, 5.41) is 8.93. The molecule has 2 rings (SSSR count). The van der Waals surface area contributed by atoms with Gasteiger partial charge in [-0.05, 0) is 58.2 Å². The fourth-order valence-electron chi connectivity index (χ4n) is 1.91.